The first-order valence-electron chi connectivity index (χ1n) is 6.19. The smallest absolute Gasteiger partial charge is 0.161 e. The van der Waals surface area contributed by atoms with Gasteiger partial charge in [0.25, 0.3) is 0 Å². The average molecular weight is 336 g/mol. The van der Waals surface area contributed by atoms with Crippen LogP contribution in [0.1, 0.15) is 0 Å². The van der Waals surface area contributed by atoms with Gasteiger partial charge in [0, 0.05) is 22.2 Å². The second kappa shape index (κ2) is 6.02. The van der Waals surface area contributed by atoms with Crippen molar-refractivity contribution in [3.05, 3.63) is 69.8 Å². The molecule has 0 aliphatic carbocycles. The van der Waals surface area contributed by atoms with Crippen molar-refractivity contribution in [2.75, 3.05) is 0 Å². The molecule has 5 heteroatoms. The maximum absolute atomic E-state index is 6.22. The second-order valence-electron chi connectivity index (χ2n) is 4.39. The third-order valence-corrected chi connectivity index (χ3v) is 3.69. The van der Waals surface area contributed by atoms with E-state index in [1.807, 2.05) is 30.3 Å². The lowest BCUT2D eigenvalue weighted by Gasteiger charge is -2.07. The molecule has 21 heavy (non-hydrogen) atoms. The standard InChI is InChI=1S/C16H9Cl3N2/c17-11-6-7-13(18)12(8-11)14-9-15(19)21-16(20-14)10-4-2-1-3-5-10/h1-9H. The van der Waals surface area contributed by atoms with Crippen LogP contribution in [0.2, 0.25) is 15.2 Å². The van der Waals surface area contributed by atoms with Crippen LogP contribution in [0.4, 0.5) is 0 Å². The topological polar surface area (TPSA) is 25.8 Å². The molecule has 0 spiro atoms. The van der Waals surface area contributed by atoms with E-state index in [2.05, 4.69) is 9.97 Å². The summed E-state index contributed by atoms with van der Waals surface area (Å²) >= 11 is 18.4. The molecule has 0 saturated carbocycles. The van der Waals surface area contributed by atoms with Crippen molar-refractivity contribution in [3.63, 3.8) is 0 Å². The SMILES string of the molecule is Clc1ccc(Cl)c(-c2cc(Cl)nc(-c3ccccc3)n2)c1. The predicted molar refractivity (Wildman–Crippen MR) is 87.9 cm³/mol. The Morgan fingerprint density at radius 2 is 1.52 bits per heavy atom. The van der Waals surface area contributed by atoms with Crippen molar-refractivity contribution < 1.29 is 0 Å². The van der Waals surface area contributed by atoms with Crippen LogP contribution < -0.4 is 0 Å². The normalized spacial score (nSPS) is 10.6. The maximum Gasteiger partial charge on any atom is 0.161 e. The van der Waals surface area contributed by atoms with Crippen LogP contribution in [0.3, 0.4) is 0 Å². The summed E-state index contributed by atoms with van der Waals surface area (Å²) in [5, 5.41) is 1.51. The minimum absolute atomic E-state index is 0.356. The minimum Gasteiger partial charge on any atom is -0.228 e. The molecule has 0 bridgehead atoms. The Morgan fingerprint density at radius 3 is 2.29 bits per heavy atom. The number of rotatable bonds is 2. The number of benzene rings is 2. The minimum atomic E-state index is 0.356. The van der Waals surface area contributed by atoms with Crippen molar-refractivity contribution in [2.24, 2.45) is 0 Å². The van der Waals surface area contributed by atoms with Crippen LogP contribution in [0.5, 0.6) is 0 Å². The predicted octanol–water partition coefficient (Wildman–Crippen LogP) is 5.77. The van der Waals surface area contributed by atoms with Gasteiger partial charge in [-0.05, 0) is 18.2 Å². The Hall–Kier alpha value is -1.61. The lowest BCUT2D eigenvalue weighted by molar-refractivity contribution is 1.18. The molecular formula is C16H9Cl3N2. The van der Waals surface area contributed by atoms with E-state index in [4.69, 9.17) is 34.8 Å². The van der Waals surface area contributed by atoms with E-state index in [1.54, 1.807) is 24.3 Å². The molecule has 0 aliphatic heterocycles. The fraction of sp³-hybridized carbons (Fsp3) is 0. The lowest BCUT2D eigenvalue weighted by Crippen LogP contribution is -1.93. The van der Waals surface area contributed by atoms with Crippen LogP contribution in [-0.4, -0.2) is 9.97 Å². The Morgan fingerprint density at radius 1 is 0.762 bits per heavy atom. The van der Waals surface area contributed by atoms with Crippen LogP contribution >= 0.6 is 34.8 Å². The first kappa shape index (κ1) is 14.3. The number of aromatic nitrogens is 2. The molecule has 3 rings (SSSR count). The van der Waals surface area contributed by atoms with Crippen molar-refractivity contribution >= 4 is 34.8 Å². The number of hydrogen-bond donors (Lipinski definition) is 0. The van der Waals surface area contributed by atoms with Gasteiger partial charge < -0.3 is 0 Å². The van der Waals surface area contributed by atoms with E-state index in [9.17, 15) is 0 Å². The molecule has 0 atom stereocenters. The largest absolute Gasteiger partial charge is 0.228 e. The van der Waals surface area contributed by atoms with E-state index in [1.165, 1.54) is 0 Å². The van der Waals surface area contributed by atoms with Gasteiger partial charge in [0.1, 0.15) is 5.15 Å². The summed E-state index contributed by atoms with van der Waals surface area (Å²) in [7, 11) is 0. The molecule has 0 amide bonds. The number of halogens is 3. The molecule has 0 aliphatic rings. The highest BCUT2D eigenvalue weighted by Gasteiger charge is 2.10. The quantitative estimate of drug-likeness (QED) is 0.555. The summed E-state index contributed by atoms with van der Waals surface area (Å²) in [6.07, 6.45) is 0. The van der Waals surface area contributed by atoms with Crippen LogP contribution in [-0.2, 0) is 0 Å². The van der Waals surface area contributed by atoms with Gasteiger partial charge in [-0.1, -0.05) is 65.1 Å². The van der Waals surface area contributed by atoms with E-state index in [0.29, 0.717) is 26.7 Å². The Kier molecular flexibility index (Phi) is 4.11. The lowest BCUT2D eigenvalue weighted by atomic mass is 10.1. The Labute approximate surface area is 137 Å². The molecule has 1 aromatic heterocycles. The third-order valence-electron chi connectivity index (χ3n) is 2.93. The average Bonchev–Trinajstić information content (AvgIpc) is 2.50. The van der Waals surface area contributed by atoms with Crippen LogP contribution in [0.25, 0.3) is 22.6 Å². The van der Waals surface area contributed by atoms with Gasteiger partial charge in [-0.2, -0.15) is 0 Å². The Bertz CT molecular complexity index is 789. The summed E-state index contributed by atoms with van der Waals surface area (Å²) in [4.78, 5) is 8.80. The van der Waals surface area contributed by atoms with E-state index >= 15 is 0 Å². The molecule has 0 N–H and O–H groups in total. The molecule has 0 fully saturated rings. The highest BCUT2D eigenvalue weighted by atomic mass is 35.5. The number of nitrogens with zero attached hydrogens (tertiary/aromatic N) is 2. The zero-order chi connectivity index (χ0) is 14.8. The molecule has 0 unspecified atom stereocenters. The maximum atomic E-state index is 6.22. The highest BCUT2D eigenvalue weighted by molar-refractivity contribution is 6.35. The van der Waals surface area contributed by atoms with Crippen molar-refractivity contribution in [3.8, 4) is 22.6 Å². The fourth-order valence-corrected chi connectivity index (χ4v) is 2.54. The number of hydrogen-bond acceptors (Lipinski definition) is 2. The zero-order valence-electron chi connectivity index (χ0n) is 10.7. The van der Waals surface area contributed by atoms with Gasteiger partial charge in [0.2, 0.25) is 0 Å². The van der Waals surface area contributed by atoms with Gasteiger partial charge in [0.05, 0.1) is 10.7 Å². The first-order valence-corrected chi connectivity index (χ1v) is 7.32. The van der Waals surface area contributed by atoms with E-state index < -0.39 is 0 Å². The van der Waals surface area contributed by atoms with E-state index in [-0.39, 0.29) is 0 Å². The summed E-state index contributed by atoms with van der Waals surface area (Å²) in [6, 6.07) is 16.5. The first-order chi connectivity index (χ1) is 10.1. The Balaban J connectivity index is 2.16. The second-order valence-corrected chi connectivity index (χ2v) is 5.62. The monoisotopic (exact) mass is 334 g/mol. The third kappa shape index (κ3) is 3.18. The molecule has 3 aromatic rings. The van der Waals surface area contributed by atoms with Crippen LogP contribution in [0, 0.1) is 0 Å². The van der Waals surface area contributed by atoms with Gasteiger partial charge in [-0.25, -0.2) is 9.97 Å². The van der Waals surface area contributed by atoms with Crippen molar-refractivity contribution in [1.29, 1.82) is 0 Å². The molecule has 0 saturated heterocycles. The summed E-state index contributed by atoms with van der Waals surface area (Å²) < 4.78 is 0. The molecule has 104 valence electrons. The van der Waals surface area contributed by atoms with Gasteiger partial charge in [-0.3, -0.25) is 0 Å². The molecule has 0 radical (unpaired) electrons. The zero-order valence-corrected chi connectivity index (χ0v) is 13.0. The van der Waals surface area contributed by atoms with Crippen LogP contribution in [0.15, 0.2) is 54.6 Å². The molecular weight excluding hydrogens is 327 g/mol. The molecule has 2 nitrogen and oxygen atoms in total. The van der Waals surface area contributed by atoms with Gasteiger partial charge >= 0.3 is 0 Å². The van der Waals surface area contributed by atoms with Crippen molar-refractivity contribution in [2.45, 2.75) is 0 Å². The van der Waals surface area contributed by atoms with E-state index in [0.717, 1.165) is 11.1 Å². The van der Waals surface area contributed by atoms with Crippen molar-refractivity contribution in [1.82, 2.24) is 9.97 Å². The highest BCUT2D eigenvalue weighted by Crippen LogP contribution is 2.31. The fourth-order valence-electron chi connectivity index (χ4n) is 1.97. The summed E-state index contributed by atoms with van der Waals surface area (Å²) in [6.45, 7) is 0. The van der Waals surface area contributed by atoms with Gasteiger partial charge in [0.15, 0.2) is 5.82 Å². The van der Waals surface area contributed by atoms with Gasteiger partial charge in [-0.15, -0.1) is 0 Å². The molecule has 2 aromatic carbocycles. The summed E-state index contributed by atoms with van der Waals surface area (Å²) in [5.41, 5.74) is 2.26. The summed E-state index contributed by atoms with van der Waals surface area (Å²) in [5.74, 6) is 0.550. The molecule has 1 heterocycles.